The van der Waals surface area contributed by atoms with Crippen LogP contribution in [0.5, 0.6) is 5.75 Å². The van der Waals surface area contributed by atoms with Gasteiger partial charge in [-0.3, -0.25) is 0 Å². The van der Waals surface area contributed by atoms with Crippen LogP contribution in [0.1, 0.15) is 25.0 Å². The smallest absolute Gasteiger partial charge is 0.125 e. The Morgan fingerprint density at radius 3 is 2.45 bits per heavy atom. The first kappa shape index (κ1) is 15.8. The van der Waals surface area contributed by atoms with Gasteiger partial charge in [0.2, 0.25) is 0 Å². The lowest BCUT2D eigenvalue weighted by molar-refractivity contribution is -0.271. The fourth-order valence-electron chi connectivity index (χ4n) is 2.38. The van der Waals surface area contributed by atoms with E-state index in [-0.39, 0.29) is 22.7 Å². The molecule has 1 N–H and O–H groups in total. The largest absolute Gasteiger partial charge is 0.869 e. The van der Waals surface area contributed by atoms with Gasteiger partial charge in [-0.15, -0.1) is 0 Å². The van der Waals surface area contributed by atoms with Crippen LogP contribution in [0, 0.1) is 30.0 Å². The highest BCUT2D eigenvalue weighted by Gasteiger charge is 2.18. The number of hydrogen-bond acceptors (Lipinski definition) is 3. The number of hydrogen-bond donors (Lipinski definition) is 1. The Labute approximate surface area is 130 Å². The number of halogens is 1. The summed E-state index contributed by atoms with van der Waals surface area (Å²) in [5.74, 6) is -1.28. The third kappa shape index (κ3) is 2.89. The van der Waals surface area contributed by atoms with Gasteiger partial charge in [-0.25, -0.2) is 4.39 Å². The van der Waals surface area contributed by atoms with Crippen LogP contribution in [0.4, 0.5) is 10.1 Å². The molecule has 0 aromatic heterocycles. The monoisotopic (exact) mass is 297 g/mol. The summed E-state index contributed by atoms with van der Waals surface area (Å²) in [7, 11) is 0. The SMILES string of the molecule is Cc1c(C#N)c(NCC(C)C)c([O-])c(F)c1-c1ccccc1. The number of nitriles is 1. The zero-order valence-corrected chi connectivity index (χ0v) is 12.9. The van der Waals surface area contributed by atoms with Crippen molar-refractivity contribution in [2.45, 2.75) is 20.8 Å². The summed E-state index contributed by atoms with van der Waals surface area (Å²) in [4.78, 5) is 0. The summed E-state index contributed by atoms with van der Waals surface area (Å²) in [6, 6.07) is 10.9. The summed E-state index contributed by atoms with van der Waals surface area (Å²) in [6.45, 7) is 6.13. The number of nitrogens with zero attached hydrogens (tertiary/aromatic N) is 1. The fraction of sp³-hybridized carbons (Fsp3) is 0.278. The van der Waals surface area contributed by atoms with Crippen molar-refractivity contribution in [1.29, 1.82) is 5.26 Å². The molecule has 2 rings (SSSR count). The van der Waals surface area contributed by atoms with Gasteiger partial charge in [0.1, 0.15) is 11.9 Å². The quantitative estimate of drug-likeness (QED) is 0.933. The van der Waals surface area contributed by atoms with Crippen molar-refractivity contribution in [3.8, 4) is 22.9 Å². The molecule has 0 bridgehead atoms. The molecular formula is C18H18FN2O-. The van der Waals surface area contributed by atoms with Gasteiger partial charge < -0.3 is 10.4 Å². The number of rotatable bonds is 4. The lowest BCUT2D eigenvalue weighted by atomic mass is 9.94. The average molecular weight is 297 g/mol. The maximum absolute atomic E-state index is 14.6. The molecule has 0 amide bonds. The maximum atomic E-state index is 14.6. The van der Waals surface area contributed by atoms with E-state index in [1.165, 1.54) is 0 Å². The molecule has 0 aliphatic rings. The molecule has 0 aliphatic heterocycles. The molecule has 0 saturated heterocycles. The predicted molar refractivity (Wildman–Crippen MR) is 84.1 cm³/mol. The highest BCUT2D eigenvalue weighted by Crippen LogP contribution is 2.39. The van der Waals surface area contributed by atoms with E-state index >= 15 is 0 Å². The van der Waals surface area contributed by atoms with E-state index in [1.807, 2.05) is 26.0 Å². The summed E-state index contributed by atoms with van der Waals surface area (Å²) >= 11 is 0. The Morgan fingerprint density at radius 2 is 1.91 bits per heavy atom. The van der Waals surface area contributed by atoms with E-state index in [1.54, 1.807) is 31.2 Å². The molecule has 2 aromatic rings. The Balaban J connectivity index is 2.65. The minimum atomic E-state index is -0.811. The summed E-state index contributed by atoms with van der Waals surface area (Å²) in [5.41, 5.74) is 1.56. The Morgan fingerprint density at radius 1 is 1.27 bits per heavy atom. The Bertz CT molecular complexity index is 718. The standard InChI is InChI=1S/C18H19FN2O/c1-11(2)10-21-17-14(9-20)12(3)15(16(19)18(17)22)13-7-5-4-6-8-13/h4-8,11,21-22H,10H2,1-3H3/p-1. The van der Waals surface area contributed by atoms with Crippen LogP contribution in [0.2, 0.25) is 0 Å². The fourth-order valence-corrected chi connectivity index (χ4v) is 2.38. The van der Waals surface area contributed by atoms with E-state index in [4.69, 9.17) is 0 Å². The molecule has 0 spiro atoms. The van der Waals surface area contributed by atoms with Crippen LogP contribution in [0.3, 0.4) is 0 Å². The van der Waals surface area contributed by atoms with Crippen molar-refractivity contribution in [2.24, 2.45) is 5.92 Å². The van der Waals surface area contributed by atoms with Gasteiger partial charge in [0.15, 0.2) is 0 Å². The number of anilines is 1. The van der Waals surface area contributed by atoms with Crippen molar-refractivity contribution in [3.05, 3.63) is 47.3 Å². The highest BCUT2D eigenvalue weighted by atomic mass is 19.1. The molecule has 4 heteroatoms. The second-order valence-electron chi connectivity index (χ2n) is 5.65. The molecule has 0 saturated carbocycles. The summed E-state index contributed by atoms with van der Waals surface area (Å²) in [6.07, 6.45) is 0. The lowest BCUT2D eigenvalue weighted by Crippen LogP contribution is -2.14. The van der Waals surface area contributed by atoms with Crippen molar-refractivity contribution in [2.75, 3.05) is 11.9 Å². The van der Waals surface area contributed by atoms with E-state index in [2.05, 4.69) is 5.32 Å². The van der Waals surface area contributed by atoms with Gasteiger partial charge in [0.25, 0.3) is 0 Å². The molecule has 114 valence electrons. The first-order chi connectivity index (χ1) is 10.5. The molecule has 2 aromatic carbocycles. The zero-order valence-electron chi connectivity index (χ0n) is 12.9. The molecular weight excluding hydrogens is 279 g/mol. The normalized spacial score (nSPS) is 10.5. The van der Waals surface area contributed by atoms with Crippen LogP contribution in [-0.2, 0) is 0 Å². The maximum Gasteiger partial charge on any atom is 0.125 e. The Kier molecular flexibility index (Phi) is 4.67. The molecule has 0 radical (unpaired) electrons. The van der Waals surface area contributed by atoms with Crippen LogP contribution < -0.4 is 10.4 Å². The average Bonchev–Trinajstić information content (AvgIpc) is 2.50. The molecule has 0 atom stereocenters. The van der Waals surface area contributed by atoms with Crippen LogP contribution in [0.25, 0.3) is 11.1 Å². The summed E-state index contributed by atoms with van der Waals surface area (Å²) in [5, 5.41) is 24.6. The number of benzene rings is 2. The molecule has 0 unspecified atom stereocenters. The van der Waals surface area contributed by atoms with Crippen molar-refractivity contribution in [3.63, 3.8) is 0 Å². The van der Waals surface area contributed by atoms with Gasteiger partial charge >= 0.3 is 0 Å². The van der Waals surface area contributed by atoms with E-state index in [0.29, 0.717) is 17.7 Å². The molecule has 3 nitrogen and oxygen atoms in total. The minimum Gasteiger partial charge on any atom is -0.869 e. The molecule has 0 heterocycles. The van der Waals surface area contributed by atoms with Crippen LogP contribution in [-0.4, -0.2) is 6.54 Å². The molecule has 0 fully saturated rings. The second kappa shape index (κ2) is 6.48. The van der Waals surface area contributed by atoms with Gasteiger partial charge in [0.05, 0.1) is 5.56 Å². The first-order valence-corrected chi connectivity index (χ1v) is 7.19. The minimum absolute atomic E-state index is 0.0610. The van der Waals surface area contributed by atoms with Crippen molar-refractivity contribution >= 4 is 5.69 Å². The highest BCUT2D eigenvalue weighted by molar-refractivity contribution is 5.80. The molecule has 22 heavy (non-hydrogen) atoms. The van der Waals surface area contributed by atoms with Gasteiger partial charge in [-0.05, 0) is 29.7 Å². The lowest BCUT2D eigenvalue weighted by Gasteiger charge is -2.23. The van der Waals surface area contributed by atoms with Crippen LogP contribution >= 0.6 is 0 Å². The Hall–Kier alpha value is -2.54. The summed E-state index contributed by atoms with van der Waals surface area (Å²) < 4.78 is 14.6. The third-order valence-corrected chi connectivity index (χ3v) is 3.51. The van der Waals surface area contributed by atoms with Crippen molar-refractivity contribution in [1.82, 2.24) is 0 Å². The predicted octanol–water partition coefficient (Wildman–Crippen LogP) is 3.81. The van der Waals surface area contributed by atoms with Gasteiger partial charge in [0, 0.05) is 17.8 Å². The zero-order chi connectivity index (χ0) is 16.3. The van der Waals surface area contributed by atoms with E-state index in [9.17, 15) is 14.8 Å². The van der Waals surface area contributed by atoms with Crippen molar-refractivity contribution < 1.29 is 9.50 Å². The number of nitrogens with one attached hydrogen (secondary N) is 1. The van der Waals surface area contributed by atoms with E-state index < -0.39 is 11.6 Å². The van der Waals surface area contributed by atoms with E-state index in [0.717, 1.165) is 0 Å². The molecule has 0 aliphatic carbocycles. The van der Waals surface area contributed by atoms with Crippen LogP contribution in [0.15, 0.2) is 30.3 Å². The topological polar surface area (TPSA) is 58.9 Å². The first-order valence-electron chi connectivity index (χ1n) is 7.19. The van der Waals surface area contributed by atoms with Gasteiger partial charge in [-0.2, -0.15) is 5.26 Å². The second-order valence-corrected chi connectivity index (χ2v) is 5.65. The third-order valence-electron chi connectivity index (χ3n) is 3.51. The van der Waals surface area contributed by atoms with Gasteiger partial charge in [-0.1, -0.05) is 44.2 Å².